The van der Waals surface area contributed by atoms with Gasteiger partial charge in [0.15, 0.2) is 5.82 Å². The Morgan fingerprint density at radius 3 is 2.57 bits per heavy atom. The van der Waals surface area contributed by atoms with E-state index in [0.29, 0.717) is 24.9 Å². The van der Waals surface area contributed by atoms with Gasteiger partial charge in [0.2, 0.25) is 0 Å². The van der Waals surface area contributed by atoms with Gasteiger partial charge in [-0.1, -0.05) is 12.1 Å². The lowest BCUT2D eigenvalue weighted by atomic mass is 10.1. The van der Waals surface area contributed by atoms with E-state index < -0.39 is 5.60 Å². The van der Waals surface area contributed by atoms with Crippen LogP contribution >= 0.6 is 0 Å². The largest absolute Gasteiger partial charge is 0.475 e. The summed E-state index contributed by atoms with van der Waals surface area (Å²) >= 11 is 0. The number of ether oxygens (including phenoxy) is 2. The van der Waals surface area contributed by atoms with E-state index in [-0.39, 0.29) is 6.09 Å². The van der Waals surface area contributed by atoms with Gasteiger partial charge in [0.05, 0.1) is 17.6 Å². The molecule has 0 saturated carbocycles. The molecule has 7 heteroatoms. The summed E-state index contributed by atoms with van der Waals surface area (Å²) in [6.45, 7) is 10.3. The van der Waals surface area contributed by atoms with Gasteiger partial charge in [-0.3, -0.25) is 0 Å². The first kappa shape index (κ1) is 20.2. The molecule has 1 fully saturated rings. The Kier molecular flexibility index (Phi) is 5.91. The minimum Gasteiger partial charge on any atom is -0.475 e. The van der Waals surface area contributed by atoms with Crippen molar-refractivity contribution in [3.8, 4) is 5.88 Å². The highest BCUT2D eigenvalue weighted by molar-refractivity contribution is 5.77. The Labute approximate surface area is 166 Å². The minimum atomic E-state index is -0.473. The molecule has 1 aliphatic heterocycles. The first-order valence-corrected chi connectivity index (χ1v) is 9.85. The summed E-state index contributed by atoms with van der Waals surface area (Å²) < 4.78 is 11.2. The molecule has 0 spiro atoms. The van der Waals surface area contributed by atoms with Gasteiger partial charge in [-0.15, -0.1) is 0 Å². The number of hydrogen-bond acceptors (Lipinski definition) is 6. The van der Waals surface area contributed by atoms with Crippen molar-refractivity contribution < 1.29 is 14.3 Å². The van der Waals surface area contributed by atoms with Crippen molar-refractivity contribution in [2.75, 3.05) is 38.2 Å². The highest BCUT2D eigenvalue weighted by Crippen LogP contribution is 2.28. The molecule has 0 N–H and O–H groups in total. The Morgan fingerprint density at radius 2 is 1.93 bits per heavy atom. The second-order valence-corrected chi connectivity index (χ2v) is 8.24. The van der Waals surface area contributed by atoms with Crippen LogP contribution in [0.25, 0.3) is 11.0 Å². The smallest absolute Gasteiger partial charge is 0.410 e. The van der Waals surface area contributed by atoms with Crippen molar-refractivity contribution in [1.82, 2.24) is 14.9 Å². The van der Waals surface area contributed by atoms with E-state index in [2.05, 4.69) is 9.88 Å². The Bertz CT molecular complexity index is 834. The molecule has 0 bridgehead atoms. The number of fused-ring (bicyclic) bond motifs is 1. The molecule has 1 atom stereocenters. The van der Waals surface area contributed by atoms with E-state index in [1.165, 1.54) is 0 Å². The summed E-state index contributed by atoms with van der Waals surface area (Å²) in [5.41, 5.74) is 1.19. The zero-order valence-corrected chi connectivity index (χ0v) is 17.4. The van der Waals surface area contributed by atoms with Crippen LogP contribution in [-0.4, -0.2) is 59.9 Å². The average Bonchev–Trinajstić information content (AvgIpc) is 3.08. The fraction of sp³-hybridized carbons (Fsp3) is 0.571. The van der Waals surface area contributed by atoms with E-state index in [1.807, 2.05) is 59.0 Å². The van der Waals surface area contributed by atoms with Gasteiger partial charge in [0.25, 0.3) is 5.88 Å². The number of aromatic nitrogens is 2. The number of benzene rings is 1. The van der Waals surface area contributed by atoms with Gasteiger partial charge < -0.3 is 19.3 Å². The molecule has 1 aromatic heterocycles. The molecular formula is C21H30N4O3. The SMILES string of the molecule is CCOc1nc2ccccc2nc1N(C)C[C@H]1CCN(C(=O)OC(C)(C)C)C1. The topological polar surface area (TPSA) is 67.8 Å². The van der Waals surface area contributed by atoms with E-state index in [0.717, 1.165) is 36.4 Å². The maximum Gasteiger partial charge on any atom is 0.410 e. The monoisotopic (exact) mass is 386 g/mol. The third-order valence-corrected chi connectivity index (χ3v) is 4.63. The summed E-state index contributed by atoms with van der Waals surface area (Å²) in [7, 11) is 2.00. The minimum absolute atomic E-state index is 0.238. The molecule has 7 nitrogen and oxygen atoms in total. The van der Waals surface area contributed by atoms with Crippen LogP contribution in [0, 0.1) is 5.92 Å². The molecule has 2 heterocycles. The van der Waals surface area contributed by atoms with Crippen LogP contribution in [0.3, 0.4) is 0 Å². The van der Waals surface area contributed by atoms with Gasteiger partial charge in [0.1, 0.15) is 5.60 Å². The van der Waals surface area contributed by atoms with Crippen molar-refractivity contribution in [1.29, 1.82) is 0 Å². The predicted molar refractivity (Wildman–Crippen MR) is 110 cm³/mol. The molecule has 2 aromatic rings. The highest BCUT2D eigenvalue weighted by atomic mass is 16.6. The predicted octanol–water partition coefficient (Wildman–Crippen LogP) is 3.72. The van der Waals surface area contributed by atoms with Crippen molar-refractivity contribution in [2.24, 2.45) is 5.92 Å². The van der Waals surface area contributed by atoms with Crippen molar-refractivity contribution in [3.63, 3.8) is 0 Å². The second kappa shape index (κ2) is 8.20. The van der Waals surface area contributed by atoms with E-state index in [1.54, 1.807) is 4.90 Å². The van der Waals surface area contributed by atoms with Gasteiger partial charge in [0, 0.05) is 26.7 Å². The molecule has 152 valence electrons. The van der Waals surface area contributed by atoms with E-state index >= 15 is 0 Å². The Morgan fingerprint density at radius 1 is 1.25 bits per heavy atom. The fourth-order valence-electron chi connectivity index (χ4n) is 3.40. The summed E-state index contributed by atoms with van der Waals surface area (Å²) in [4.78, 5) is 25.6. The number of nitrogens with zero attached hydrogens (tertiary/aromatic N) is 4. The van der Waals surface area contributed by atoms with Crippen LogP contribution in [0.4, 0.5) is 10.6 Å². The summed E-state index contributed by atoms with van der Waals surface area (Å²) in [5.74, 6) is 1.63. The molecule has 1 amide bonds. The van der Waals surface area contributed by atoms with Crippen LogP contribution in [0.2, 0.25) is 0 Å². The van der Waals surface area contributed by atoms with E-state index in [9.17, 15) is 4.79 Å². The van der Waals surface area contributed by atoms with Gasteiger partial charge >= 0.3 is 6.09 Å². The second-order valence-electron chi connectivity index (χ2n) is 8.24. The fourth-order valence-corrected chi connectivity index (χ4v) is 3.40. The molecule has 1 aliphatic rings. The molecule has 1 aromatic carbocycles. The molecule has 28 heavy (non-hydrogen) atoms. The molecule has 0 unspecified atom stereocenters. The zero-order chi connectivity index (χ0) is 20.3. The first-order valence-electron chi connectivity index (χ1n) is 9.85. The standard InChI is InChI=1S/C21H30N4O3/c1-6-27-19-18(22-16-9-7-8-10-17(16)23-19)24(5)13-15-11-12-25(14-15)20(26)28-21(2,3)4/h7-10,15H,6,11-14H2,1-5H3/t15-/m1/s1. The van der Waals surface area contributed by atoms with E-state index in [4.69, 9.17) is 14.5 Å². The number of amides is 1. The van der Waals surface area contributed by atoms with Crippen molar-refractivity contribution >= 4 is 22.9 Å². The number of para-hydroxylation sites is 2. The highest BCUT2D eigenvalue weighted by Gasteiger charge is 2.31. The average molecular weight is 386 g/mol. The van der Waals surface area contributed by atoms with Crippen LogP contribution in [0.1, 0.15) is 34.1 Å². The summed E-state index contributed by atoms with van der Waals surface area (Å²) in [5, 5.41) is 0. The summed E-state index contributed by atoms with van der Waals surface area (Å²) in [6, 6.07) is 7.79. The number of likely N-dealkylation sites (tertiary alicyclic amines) is 1. The third kappa shape index (κ3) is 4.82. The lowest BCUT2D eigenvalue weighted by Gasteiger charge is -2.26. The lowest BCUT2D eigenvalue weighted by Crippen LogP contribution is -2.36. The van der Waals surface area contributed by atoms with Crippen LogP contribution in [-0.2, 0) is 4.74 Å². The maximum absolute atomic E-state index is 12.3. The number of rotatable bonds is 5. The lowest BCUT2D eigenvalue weighted by molar-refractivity contribution is 0.0288. The maximum atomic E-state index is 12.3. The molecule has 3 rings (SSSR count). The molecular weight excluding hydrogens is 356 g/mol. The van der Waals surface area contributed by atoms with Crippen LogP contribution < -0.4 is 9.64 Å². The Hall–Kier alpha value is -2.57. The van der Waals surface area contributed by atoms with Crippen molar-refractivity contribution in [2.45, 2.75) is 39.7 Å². The van der Waals surface area contributed by atoms with Crippen LogP contribution in [0.5, 0.6) is 5.88 Å². The first-order chi connectivity index (χ1) is 13.3. The summed E-state index contributed by atoms with van der Waals surface area (Å²) in [6.07, 6.45) is 0.701. The molecule has 0 radical (unpaired) electrons. The molecule has 0 aliphatic carbocycles. The Balaban J connectivity index is 1.70. The number of hydrogen-bond donors (Lipinski definition) is 0. The quantitative estimate of drug-likeness (QED) is 0.780. The number of carbonyl (C=O) groups excluding carboxylic acids is 1. The van der Waals surface area contributed by atoms with Crippen molar-refractivity contribution in [3.05, 3.63) is 24.3 Å². The van der Waals surface area contributed by atoms with Gasteiger partial charge in [-0.2, -0.15) is 0 Å². The number of anilines is 1. The van der Waals surface area contributed by atoms with Gasteiger partial charge in [-0.05, 0) is 52.2 Å². The third-order valence-electron chi connectivity index (χ3n) is 4.63. The van der Waals surface area contributed by atoms with Gasteiger partial charge in [-0.25, -0.2) is 14.8 Å². The normalized spacial score (nSPS) is 17.0. The number of carbonyl (C=O) groups is 1. The molecule has 1 saturated heterocycles. The zero-order valence-electron chi connectivity index (χ0n) is 17.4. The van der Waals surface area contributed by atoms with Crippen LogP contribution in [0.15, 0.2) is 24.3 Å².